The molecule has 1 aromatic heterocycles. The molecule has 0 unspecified atom stereocenters. The standard InChI is InChI=1S/C15H17NO4S/c1-3-19-11-4-6-12(7-5-11)20-9-8-13-16-10(2)14(21-13)15(17)18/h4-7H,3,8-9H2,1-2H3,(H,17,18). The van der Waals surface area contributed by atoms with Gasteiger partial charge in [-0.25, -0.2) is 9.78 Å². The van der Waals surface area contributed by atoms with Crippen molar-refractivity contribution in [1.82, 2.24) is 4.98 Å². The topological polar surface area (TPSA) is 68.7 Å². The summed E-state index contributed by atoms with van der Waals surface area (Å²) < 4.78 is 11.0. The van der Waals surface area contributed by atoms with Crippen molar-refractivity contribution in [3.63, 3.8) is 0 Å². The minimum atomic E-state index is -0.927. The predicted molar refractivity (Wildman–Crippen MR) is 80.6 cm³/mol. The van der Waals surface area contributed by atoms with Crippen LogP contribution in [0.3, 0.4) is 0 Å². The molecule has 21 heavy (non-hydrogen) atoms. The molecule has 0 fully saturated rings. The Morgan fingerprint density at radius 1 is 1.24 bits per heavy atom. The van der Waals surface area contributed by atoms with Gasteiger partial charge in [0.25, 0.3) is 0 Å². The van der Waals surface area contributed by atoms with Gasteiger partial charge in [0.2, 0.25) is 0 Å². The third-order valence-corrected chi connectivity index (χ3v) is 3.96. The summed E-state index contributed by atoms with van der Waals surface area (Å²) in [6, 6.07) is 7.41. The number of rotatable bonds is 7. The number of aryl methyl sites for hydroxylation is 1. The van der Waals surface area contributed by atoms with E-state index in [9.17, 15) is 4.79 Å². The summed E-state index contributed by atoms with van der Waals surface area (Å²) in [5.74, 6) is 0.639. The highest BCUT2D eigenvalue weighted by molar-refractivity contribution is 7.13. The van der Waals surface area contributed by atoms with Gasteiger partial charge in [0.1, 0.15) is 16.4 Å². The molecule has 112 valence electrons. The third-order valence-electron chi connectivity index (χ3n) is 2.75. The Balaban J connectivity index is 1.86. The summed E-state index contributed by atoms with van der Waals surface area (Å²) >= 11 is 1.20. The second-order valence-electron chi connectivity index (χ2n) is 4.33. The zero-order valence-corrected chi connectivity index (χ0v) is 12.8. The van der Waals surface area contributed by atoms with Gasteiger partial charge in [-0.15, -0.1) is 11.3 Å². The average molecular weight is 307 g/mol. The maximum absolute atomic E-state index is 10.9. The number of thiazole rings is 1. The van der Waals surface area contributed by atoms with Crippen molar-refractivity contribution < 1.29 is 19.4 Å². The molecule has 0 spiro atoms. The highest BCUT2D eigenvalue weighted by Crippen LogP contribution is 2.20. The second-order valence-corrected chi connectivity index (χ2v) is 5.41. The van der Waals surface area contributed by atoms with Crippen molar-refractivity contribution in [3.05, 3.63) is 39.8 Å². The van der Waals surface area contributed by atoms with Gasteiger partial charge in [-0.05, 0) is 38.1 Å². The number of carbonyl (C=O) groups is 1. The van der Waals surface area contributed by atoms with Gasteiger partial charge in [-0.3, -0.25) is 0 Å². The molecular weight excluding hydrogens is 290 g/mol. The number of hydrogen-bond acceptors (Lipinski definition) is 5. The number of ether oxygens (including phenoxy) is 2. The van der Waals surface area contributed by atoms with Crippen LogP contribution < -0.4 is 9.47 Å². The molecule has 1 N–H and O–H groups in total. The quantitative estimate of drug-likeness (QED) is 0.851. The van der Waals surface area contributed by atoms with Gasteiger partial charge < -0.3 is 14.6 Å². The van der Waals surface area contributed by atoms with Crippen LogP contribution in [0, 0.1) is 6.92 Å². The molecule has 0 amide bonds. The Morgan fingerprint density at radius 3 is 2.38 bits per heavy atom. The molecule has 0 aliphatic heterocycles. The van der Waals surface area contributed by atoms with Gasteiger partial charge >= 0.3 is 5.97 Å². The Morgan fingerprint density at radius 2 is 1.86 bits per heavy atom. The van der Waals surface area contributed by atoms with Crippen molar-refractivity contribution in [2.24, 2.45) is 0 Å². The molecule has 2 rings (SSSR count). The van der Waals surface area contributed by atoms with Crippen LogP contribution in [-0.4, -0.2) is 29.3 Å². The zero-order valence-electron chi connectivity index (χ0n) is 12.0. The fourth-order valence-electron chi connectivity index (χ4n) is 1.81. The number of carboxylic acid groups (broad SMARTS) is 1. The van der Waals surface area contributed by atoms with E-state index in [1.54, 1.807) is 6.92 Å². The SMILES string of the molecule is CCOc1ccc(OCCc2nc(C)c(C(=O)O)s2)cc1. The predicted octanol–water partition coefficient (Wildman–Crippen LogP) is 3.17. The zero-order chi connectivity index (χ0) is 15.2. The molecule has 1 aromatic carbocycles. The van der Waals surface area contributed by atoms with E-state index in [-0.39, 0.29) is 0 Å². The van der Waals surface area contributed by atoms with E-state index in [2.05, 4.69) is 4.98 Å². The van der Waals surface area contributed by atoms with Crippen molar-refractivity contribution in [1.29, 1.82) is 0 Å². The summed E-state index contributed by atoms with van der Waals surface area (Å²) in [6.07, 6.45) is 0.589. The lowest BCUT2D eigenvalue weighted by atomic mass is 10.3. The molecule has 0 saturated heterocycles. The van der Waals surface area contributed by atoms with Crippen LogP contribution >= 0.6 is 11.3 Å². The molecular formula is C15H17NO4S. The first-order valence-electron chi connectivity index (χ1n) is 6.65. The molecule has 5 nitrogen and oxygen atoms in total. The maximum atomic E-state index is 10.9. The summed E-state index contributed by atoms with van der Waals surface area (Å²) in [6.45, 7) is 4.73. The maximum Gasteiger partial charge on any atom is 0.347 e. The van der Waals surface area contributed by atoms with Crippen LogP contribution in [0.1, 0.15) is 27.3 Å². The van der Waals surface area contributed by atoms with Crippen LogP contribution in [-0.2, 0) is 6.42 Å². The van der Waals surface area contributed by atoms with Crippen LogP contribution in [0.2, 0.25) is 0 Å². The second kappa shape index (κ2) is 7.08. The first-order chi connectivity index (χ1) is 10.1. The third kappa shape index (κ3) is 4.19. The van der Waals surface area contributed by atoms with Crippen LogP contribution in [0.4, 0.5) is 0 Å². The van der Waals surface area contributed by atoms with Gasteiger partial charge in [0.05, 0.1) is 23.9 Å². The van der Waals surface area contributed by atoms with E-state index in [0.29, 0.717) is 30.2 Å². The van der Waals surface area contributed by atoms with Gasteiger partial charge in [0, 0.05) is 6.42 Å². The smallest absolute Gasteiger partial charge is 0.347 e. The molecule has 0 atom stereocenters. The Kier molecular flexibility index (Phi) is 5.16. The van der Waals surface area contributed by atoms with Crippen LogP contribution in [0.25, 0.3) is 0 Å². The lowest BCUT2D eigenvalue weighted by molar-refractivity contribution is 0.0701. The van der Waals surface area contributed by atoms with Gasteiger partial charge in [-0.2, -0.15) is 0 Å². The lowest BCUT2D eigenvalue weighted by Crippen LogP contribution is -2.01. The van der Waals surface area contributed by atoms with E-state index < -0.39 is 5.97 Å². The molecule has 0 aliphatic carbocycles. The van der Waals surface area contributed by atoms with Gasteiger partial charge in [-0.1, -0.05) is 0 Å². The van der Waals surface area contributed by atoms with Crippen LogP contribution in [0.15, 0.2) is 24.3 Å². The number of aromatic nitrogens is 1. The van der Waals surface area contributed by atoms with Gasteiger partial charge in [0.15, 0.2) is 0 Å². The highest BCUT2D eigenvalue weighted by atomic mass is 32.1. The summed E-state index contributed by atoms with van der Waals surface area (Å²) in [4.78, 5) is 15.5. The number of benzene rings is 1. The first kappa shape index (κ1) is 15.3. The van der Waals surface area contributed by atoms with E-state index in [4.69, 9.17) is 14.6 Å². The molecule has 0 bridgehead atoms. The Hall–Kier alpha value is -2.08. The molecule has 0 saturated carbocycles. The summed E-state index contributed by atoms with van der Waals surface area (Å²) in [5, 5.41) is 9.75. The number of carboxylic acids is 1. The largest absolute Gasteiger partial charge is 0.494 e. The Labute approximate surface area is 127 Å². The molecule has 2 aromatic rings. The minimum absolute atomic E-state index is 0.297. The molecule has 0 radical (unpaired) electrons. The summed E-state index contributed by atoms with van der Waals surface area (Å²) in [5.41, 5.74) is 0.559. The van der Waals surface area contributed by atoms with E-state index in [1.165, 1.54) is 11.3 Å². The van der Waals surface area contributed by atoms with E-state index in [1.807, 2.05) is 31.2 Å². The summed E-state index contributed by atoms with van der Waals surface area (Å²) in [7, 11) is 0. The fraction of sp³-hybridized carbons (Fsp3) is 0.333. The van der Waals surface area contributed by atoms with Crippen molar-refractivity contribution >= 4 is 17.3 Å². The van der Waals surface area contributed by atoms with E-state index >= 15 is 0 Å². The average Bonchev–Trinajstić information content (AvgIpc) is 2.82. The minimum Gasteiger partial charge on any atom is -0.494 e. The van der Waals surface area contributed by atoms with Crippen molar-refractivity contribution in [2.75, 3.05) is 13.2 Å². The monoisotopic (exact) mass is 307 g/mol. The number of nitrogens with zero attached hydrogens (tertiary/aromatic N) is 1. The van der Waals surface area contributed by atoms with Crippen molar-refractivity contribution in [2.45, 2.75) is 20.3 Å². The highest BCUT2D eigenvalue weighted by Gasteiger charge is 2.13. The fourth-order valence-corrected chi connectivity index (χ4v) is 2.70. The first-order valence-corrected chi connectivity index (χ1v) is 7.47. The number of aromatic carboxylic acids is 1. The van der Waals surface area contributed by atoms with Crippen LogP contribution in [0.5, 0.6) is 11.5 Å². The Bertz CT molecular complexity index is 607. The normalized spacial score (nSPS) is 10.4. The molecule has 6 heteroatoms. The van der Waals surface area contributed by atoms with E-state index in [0.717, 1.165) is 16.5 Å². The number of hydrogen-bond donors (Lipinski definition) is 1. The lowest BCUT2D eigenvalue weighted by Gasteiger charge is -2.06. The molecule has 1 heterocycles. The van der Waals surface area contributed by atoms with Crippen molar-refractivity contribution in [3.8, 4) is 11.5 Å². The molecule has 0 aliphatic rings.